The number of benzene rings is 1. The number of hydrogen-bond acceptors (Lipinski definition) is 2. The molecule has 1 aliphatic rings. The third-order valence-electron chi connectivity index (χ3n) is 3.72. The fourth-order valence-corrected chi connectivity index (χ4v) is 2.95. The maximum atomic E-state index is 11.3. The molecular formula is C14H17Cl2NO2. The molecule has 1 aromatic carbocycles. The van der Waals surface area contributed by atoms with Crippen LogP contribution in [-0.4, -0.2) is 29.1 Å². The molecule has 2 rings (SSSR count). The van der Waals surface area contributed by atoms with Gasteiger partial charge in [-0.2, -0.15) is 0 Å². The van der Waals surface area contributed by atoms with Crippen molar-refractivity contribution in [3.8, 4) is 0 Å². The Kier molecular flexibility index (Phi) is 4.39. The molecule has 0 bridgehead atoms. The maximum Gasteiger partial charge on any atom is 0.310 e. The van der Waals surface area contributed by atoms with Crippen molar-refractivity contribution < 1.29 is 9.90 Å². The zero-order chi connectivity index (χ0) is 14.0. The van der Waals surface area contributed by atoms with E-state index in [1.807, 2.05) is 12.1 Å². The third kappa shape index (κ3) is 3.22. The van der Waals surface area contributed by atoms with Crippen LogP contribution in [0.3, 0.4) is 0 Å². The second-order valence-corrected chi connectivity index (χ2v) is 6.18. The summed E-state index contributed by atoms with van der Waals surface area (Å²) in [5, 5.41) is 10.4. The summed E-state index contributed by atoms with van der Waals surface area (Å²) < 4.78 is 0. The van der Waals surface area contributed by atoms with Gasteiger partial charge in [-0.15, -0.1) is 0 Å². The molecule has 0 aromatic heterocycles. The van der Waals surface area contributed by atoms with Gasteiger partial charge in [0.1, 0.15) is 0 Å². The zero-order valence-electron chi connectivity index (χ0n) is 10.8. The average molecular weight is 302 g/mol. The van der Waals surface area contributed by atoms with Crippen LogP contribution in [0.15, 0.2) is 18.2 Å². The van der Waals surface area contributed by atoms with Gasteiger partial charge in [-0.3, -0.25) is 9.69 Å². The van der Waals surface area contributed by atoms with Gasteiger partial charge in [-0.25, -0.2) is 0 Å². The van der Waals surface area contributed by atoms with E-state index in [-0.39, 0.29) is 0 Å². The van der Waals surface area contributed by atoms with Gasteiger partial charge in [0.25, 0.3) is 0 Å². The minimum Gasteiger partial charge on any atom is -0.481 e. The number of carboxylic acid groups (broad SMARTS) is 1. The third-order valence-corrected chi connectivity index (χ3v) is 4.58. The minimum absolute atomic E-state index is 0.539. The van der Waals surface area contributed by atoms with Crippen molar-refractivity contribution >= 4 is 29.2 Å². The fourth-order valence-electron chi connectivity index (χ4n) is 2.57. The molecule has 0 amide bonds. The van der Waals surface area contributed by atoms with Crippen molar-refractivity contribution in [1.29, 1.82) is 0 Å². The molecular weight excluding hydrogens is 285 g/mol. The quantitative estimate of drug-likeness (QED) is 0.926. The van der Waals surface area contributed by atoms with Gasteiger partial charge >= 0.3 is 5.97 Å². The number of hydrogen-bond donors (Lipinski definition) is 1. The van der Waals surface area contributed by atoms with Crippen molar-refractivity contribution in [2.24, 2.45) is 5.41 Å². The largest absolute Gasteiger partial charge is 0.481 e. The number of carboxylic acids is 1. The zero-order valence-corrected chi connectivity index (χ0v) is 12.3. The predicted octanol–water partition coefficient (Wildman–Crippen LogP) is 3.68. The van der Waals surface area contributed by atoms with Crippen molar-refractivity contribution in [2.45, 2.75) is 26.3 Å². The highest BCUT2D eigenvalue weighted by atomic mass is 35.5. The van der Waals surface area contributed by atoms with Crippen LogP contribution in [0.2, 0.25) is 10.0 Å². The topological polar surface area (TPSA) is 40.5 Å². The Labute approximate surface area is 123 Å². The summed E-state index contributed by atoms with van der Waals surface area (Å²) in [6.45, 7) is 3.89. The van der Waals surface area contributed by atoms with E-state index >= 15 is 0 Å². The van der Waals surface area contributed by atoms with Crippen molar-refractivity contribution in [1.82, 2.24) is 4.90 Å². The van der Waals surface area contributed by atoms with E-state index in [4.69, 9.17) is 23.2 Å². The summed E-state index contributed by atoms with van der Waals surface area (Å²) in [5.41, 5.74) is 0.285. The van der Waals surface area contributed by atoms with Crippen LogP contribution in [0.4, 0.5) is 0 Å². The minimum atomic E-state index is -0.727. The standard InChI is InChI=1S/C14H17Cl2NO2/c1-14(13(18)19)6-3-7-17(9-14)8-10-4-2-5-11(15)12(10)16/h2,4-5H,3,6-9H2,1H3,(H,18,19). The molecule has 19 heavy (non-hydrogen) atoms. The molecule has 1 saturated heterocycles. The Morgan fingerprint density at radius 3 is 2.89 bits per heavy atom. The Balaban J connectivity index is 2.11. The number of likely N-dealkylation sites (tertiary alicyclic amines) is 1. The first kappa shape index (κ1) is 14.6. The summed E-state index contributed by atoms with van der Waals surface area (Å²) in [7, 11) is 0. The number of nitrogens with zero attached hydrogens (tertiary/aromatic N) is 1. The predicted molar refractivity (Wildman–Crippen MR) is 76.7 cm³/mol. The molecule has 1 N–H and O–H groups in total. The summed E-state index contributed by atoms with van der Waals surface area (Å²) in [6.07, 6.45) is 1.61. The SMILES string of the molecule is CC1(C(=O)O)CCCN(Cc2cccc(Cl)c2Cl)C1. The van der Waals surface area contributed by atoms with Gasteiger partial charge in [-0.05, 0) is 37.9 Å². The van der Waals surface area contributed by atoms with E-state index in [2.05, 4.69) is 4.90 Å². The van der Waals surface area contributed by atoms with Gasteiger partial charge in [0.15, 0.2) is 0 Å². The molecule has 0 spiro atoms. The van der Waals surface area contributed by atoms with E-state index in [0.717, 1.165) is 24.9 Å². The van der Waals surface area contributed by atoms with E-state index in [9.17, 15) is 9.90 Å². The lowest BCUT2D eigenvalue weighted by Crippen LogP contribution is -2.45. The lowest BCUT2D eigenvalue weighted by atomic mass is 9.82. The molecule has 1 unspecified atom stereocenters. The highest BCUT2D eigenvalue weighted by Crippen LogP contribution is 2.32. The van der Waals surface area contributed by atoms with Gasteiger partial charge in [-0.1, -0.05) is 35.3 Å². The fraction of sp³-hybridized carbons (Fsp3) is 0.500. The van der Waals surface area contributed by atoms with Crippen LogP contribution in [0, 0.1) is 5.41 Å². The number of halogens is 2. The van der Waals surface area contributed by atoms with E-state index in [1.165, 1.54) is 0 Å². The first-order valence-electron chi connectivity index (χ1n) is 6.31. The van der Waals surface area contributed by atoms with Crippen LogP contribution in [-0.2, 0) is 11.3 Å². The number of aliphatic carboxylic acids is 1. The summed E-state index contributed by atoms with van der Waals surface area (Å²) >= 11 is 12.2. The van der Waals surface area contributed by atoms with Crippen molar-refractivity contribution in [3.05, 3.63) is 33.8 Å². The molecule has 0 saturated carbocycles. The first-order chi connectivity index (χ1) is 8.92. The number of carbonyl (C=O) groups is 1. The number of rotatable bonds is 3. The lowest BCUT2D eigenvalue weighted by molar-refractivity contribution is -0.151. The monoisotopic (exact) mass is 301 g/mol. The molecule has 3 nitrogen and oxygen atoms in total. The Morgan fingerprint density at radius 1 is 1.47 bits per heavy atom. The molecule has 0 radical (unpaired) electrons. The second kappa shape index (κ2) is 5.70. The van der Waals surface area contributed by atoms with Gasteiger partial charge in [0.05, 0.1) is 15.5 Å². The molecule has 1 fully saturated rings. The first-order valence-corrected chi connectivity index (χ1v) is 7.06. The Bertz CT molecular complexity index is 492. The number of piperidine rings is 1. The lowest BCUT2D eigenvalue weighted by Gasteiger charge is -2.37. The van der Waals surface area contributed by atoms with E-state index < -0.39 is 11.4 Å². The normalized spacial score (nSPS) is 24.4. The molecule has 5 heteroatoms. The maximum absolute atomic E-state index is 11.3. The Morgan fingerprint density at radius 2 is 2.21 bits per heavy atom. The van der Waals surface area contributed by atoms with Crippen molar-refractivity contribution in [3.63, 3.8) is 0 Å². The van der Waals surface area contributed by atoms with Crippen LogP contribution in [0.1, 0.15) is 25.3 Å². The van der Waals surface area contributed by atoms with E-state index in [0.29, 0.717) is 23.1 Å². The molecule has 1 heterocycles. The highest BCUT2D eigenvalue weighted by molar-refractivity contribution is 6.42. The molecule has 1 aliphatic heterocycles. The molecule has 1 aromatic rings. The molecule has 0 aliphatic carbocycles. The Hall–Kier alpha value is -0.770. The van der Waals surface area contributed by atoms with Gasteiger partial charge in [0.2, 0.25) is 0 Å². The van der Waals surface area contributed by atoms with Gasteiger partial charge < -0.3 is 5.11 Å². The average Bonchev–Trinajstić information content (AvgIpc) is 2.35. The summed E-state index contributed by atoms with van der Waals surface area (Å²) in [4.78, 5) is 13.5. The second-order valence-electron chi connectivity index (χ2n) is 5.39. The van der Waals surface area contributed by atoms with Crippen molar-refractivity contribution in [2.75, 3.05) is 13.1 Å². The summed E-state index contributed by atoms with van der Waals surface area (Å²) in [5.74, 6) is -0.727. The van der Waals surface area contributed by atoms with Crippen LogP contribution < -0.4 is 0 Å². The van der Waals surface area contributed by atoms with Crippen LogP contribution >= 0.6 is 23.2 Å². The van der Waals surface area contributed by atoms with E-state index in [1.54, 1.807) is 13.0 Å². The van der Waals surface area contributed by atoms with Crippen LogP contribution in [0.5, 0.6) is 0 Å². The van der Waals surface area contributed by atoms with Crippen LogP contribution in [0.25, 0.3) is 0 Å². The molecule has 1 atom stereocenters. The summed E-state index contributed by atoms with van der Waals surface area (Å²) in [6, 6.07) is 5.55. The van der Waals surface area contributed by atoms with Gasteiger partial charge in [0, 0.05) is 13.1 Å². The smallest absolute Gasteiger partial charge is 0.310 e. The highest BCUT2D eigenvalue weighted by Gasteiger charge is 2.37. The molecule has 104 valence electrons.